The number of cyclic esters (lactones) is 1. The summed E-state index contributed by atoms with van der Waals surface area (Å²) in [4.78, 5) is 50.5. The van der Waals surface area contributed by atoms with Gasteiger partial charge in [0.25, 0.3) is 11.7 Å². The Morgan fingerprint density at radius 3 is 2.39 bits per heavy atom. The van der Waals surface area contributed by atoms with Gasteiger partial charge < -0.3 is 38.5 Å². The van der Waals surface area contributed by atoms with Gasteiger partial charge in [-0.3, -0.25) is 9.59 Å². The topological polar surface area (TPSA) is 142 Å². The van der Waals surface area contributed by atoms with Crippen LogP contribution in [0.15, 0.2) is 28.5 Å². The van der Waals surface area contributed by atoms with Crippen molar-refractivity contribution >= 4 is 23.4 Å². The van der Waals surface area contributed by atoms with E-state index in [0.717, 1.165) is 43.3 Å². The van der Waals surface area contributed by atoms with Crippen LogP contribution in [0.4, 0.5) is 0 Å². The number of fused-ring (bicyclic) bond motifs is 3. The summed E-state index contributed by atoms with van der Waals surface area (Å²) >= 11 is 0. The van der Waals surface area contributed by atoms with E-state index in [1.54, 1.807) is 28.3 Å². The highest BCUT2D eigenvalue weighted by atomic mass is 16.6. The van der Waals surface area contributed by atoms with Gasteiger partial charge in [0.15, 0.2) is 6.61 Å². The second kappa shape index (κ2) is 22.7. The standard InChI is InChI=1S/C47H74N2O10/c1-12-21-57-48-37-28-39(50)33(7)42(31(5)25-34-17-16-18-36(27-34)54-9)58-46(53)38-19-14-15-20-49(38)45(52)44(51)47(8)32(6)26-41(56-11)43(59-47)40(55-10)24-30(4)22-29(3)23-35(37)13-2/h1,23,25,30,32-36,38-43,50H,13-22,24,26-28H2,2-11H3/b29-23+,31-25+,48-37-/t30-,32+,33+,34-,35+,36-,38-,39-,40-,41-,42+,43+,47+/m0/s1. The second-order valence-electron chi connectivity index (χ2n) is 18.0. The largest absolute Gasteiger partial charge is 0.456 e. The first kappa shape index (κ1) is 48.6. The van der Waals surface area contributed by atoms with Crippen LogP contribution < -0.4 is 0 Å². The number of hydrogen-bond acceptors (Lipinski definition) is 11. The van der Waals surface area contributed by atoms with Crippen molar-refractivity contribution in [2.75, 3.05) is 34.5 Å². The van der Waals surface area contributed by atoms with Crippen LogP contribution >= 0.6 is 0 Å². The van der Waals surface area contributed by atoms with E-state index >= 15 is 0 Å². The molecule has 0 spiro atoms. The molecule has 3 fully saturated rings. The first-order valence-corrected chi connectivity index (χ1v) is 22.1. The van der Waals surface area contributed by atoms with Gasteiger partial charge in [0.05, 0.1) is 30.1 Å². The lowest BCUT2D eigenvalue weighted by atomic mass is 9.76. The van der Waals surface area contributed by atoms with Gasteiger partial charge in [-0.05, 0) is 108 Å². The van der Waals surface area contributed by atoms with Crippen LogP contribution in [0, 0.1) is 41.9 Å². The Kier molecular flexibility index (Phi) is 18.7. The molecule has 12 heteroatoms. The van der Waals surface area contributed by atoms with Crippen LogP contribution in [0.3, 0.4) is 0 Å². The lowest BCUT2D eigenvalue weighted by Gasteiger charge is -2.48. The SMILES string of the molecule is C#CCO/N=C1/C[C@H](O)[C@@H](C)[C@@H](/C(C)=C/[C@@H]2CCC[C@H](OC)C2)OC(=O)[C@@H]2CCCCN2C(=O)C(=O)[C@]2(C)O[C@H]([C@@H](OC)C[C@@H](C)C/C(C)=C/[C@H]1CC)[C@@H](OC)C[C@H]2C. The molecule has 1 N–H and O–H groups in total. The number of methoxy groups -OCH3 is 3. The number of rotatable bonds is 8. The number of nitrogens with zero attached hydrogens (tertiary/aromatic N) is 2. The molecular weight excluding hydrogens is 753 g/mol. The zero-order valence-electron chi connectivity index (χ0n) is 37.6. The number of oxime groups is 1. The van der Waals surface area contributed by atoms with Crippen molar-refractivity contribution < 1.29 is 48.0 Å². The molecule has 3 aliphatic heterocycles. The minimum absolute atomic E-state index is 0.0156. The monoisotopic (exact) mass is 827 g/mol. The normalized spacial score (nSPS) is 39.3. The van der Waals surface area contributed by atoms with Crippen molar-refractivity contribution in [2.24, 2.45) is 34.7 Å². The maximum absolute atomic E-state index is 14.5. The molecule has 59 heavy (non-hydrogen) atoms. The van der Waals surface area contributed by atoms with Crippen molar-refractivity contribution in [3.05, 3.63) is 23.3 Å². The second-order valence-corrected chi connectivity index (χ2v) is 18.0. The van der Waals surface area contributed by atoms with Crippen LogP contribution in [0.5, 0.6) is 0 Å². The van der Waals surface area contributed by atoms with E-state index in [1.165, 1.54) is 4.90 Å². The number of amides is 1. The molecule has 1 aliphatic carbocycles. The molecule has 3 heterocycles. The third-order valence-corrected chi connectivity index (χ3v) is 13.6. The molecule has 1 saturated carbocycles. The van der Waals surface area contributed by atoms with E-state index < -0.39 is 59.6 Å². The fraction of sp³-hybridized carbons (Fsp3) is 0.787. The van der Waals surface area contributed by atoms with Gasteiger partial charge in [0.2, 0.25) is 0 Å². The molecule has 0 aromatic carbocycles. The quantitative estimate of drug-likeness (QED) is 0.0679. The molecule has 2 saturated heterocycles. The summed E-state index contributed by atoms with van der Waals surface area (Å²) in [6.07, 6.45) is 15.0. The summed E-state index contributed by atoms with van der Waals surface area (Å²) in [7, 11) is 5.01. The number of carbonyl (C=O) groups is 3. The Bertz CT molecular complexity index is 1550. The number of ketones is 1. The van der Waals surface area contributed by atoms with E-state index in [1.807, 2.05) is 20.8 Å². The molecule has 4 aliphatic rings. The van der Waals surface area contributed by atoms with E-state index in [2.05, 4.69) is 44.0 Å². The Labute approximate surface area is 354 Å². The van der Waals surface area contributed by atoms with E-state index in [9.17, 15) is 19.5 Å². The molecular formula is C47H74N2O10. The zero-order valence-corrected chi connectivity index (χ0v) is 37.6. The highest BCUT2D eigenvalue weighted by molar-refractivity contribution is 6.39. The van der Waals surface area contributed by atoms with E-state index in [4.69, 9.17) is 34.9 Å². The molecule has 0 aromatic rings. The first-order chi connectivity index (χ1) is 28.1. The van der Waals surface area contributed by atoms with Gasteiger partial charge in [-0.15, -0.1) is 6.42 Å². The summed E-state index contributed by atoms with van der Waals surface area (Å²) in [5, 5.41) is 16.6. The number of terminal acetylenes is 1. The van der Waals surface area contributed by atoms with E-state index in [-0.39, 0.29) is 55.5 Å². The van der Waals surface area contributed by atoms with Crippen LogP contribution in [0.25, 0.3) is 0 Å². The third kappa shape index (κ3) is 12.3. The number of ether oxygens (including phenoxy) is 5. The minimum Gasteiger partial charge on any atom is -0.456 e. The molecule has 13 atom stereocenters. The molecule has 1 amide bonds. The predicted octanol–water partition coefficient (Wildman–Crippen LogP) is 7.01. The molecule has 12 nitrogen and oxygen atoms in total. The average Bonchev–Trinajstić information content (AvgIpc) is 3.23. The Balaban J connectivity index is 1.82. The molecule has 4 rings (SSSR count). The van der Waals surface area contributed by atoms with Gasteiger partial charge in [-0.1, -0.05) is 62.9 Å². The summed E-state index contributed by atoms with van der Waals surface area (Å²) < 4.78 is 31.0. The number of hydrogen-bond donors (Lipinski definition) is 1. The summed E-state index contributed by atoms with van der Waals surface area (Å²) in [5.41, 5.74) is 1.11. The van der Waals surface area contributed by atoms with Crippen LogP contribution in [-0.2, 0) is 42.9 Å². The smallest absolute Gasteiger partial charge is 0.329 e. The van der Waals surface area contributed by atoms with Gasteiger partial charge in [-0.25, -0.2) is 4.79 Å². The van der Waals surface area contributed by atoms with Crippen LogP contribution in [0.1, 0.15) is 126 Å². The van der Waals surface area contributed by atoms with Gasteiger partial charge in [0, 0.05) is 46.1 Å². The highest BCUT2D eigenvalue weighted by Gasteiger charge is 2.54. The van der Waals surface area contributed by atoms with Crippen molar-refractivity contribution in [1.82, 2.24) is 4.90 Å². The van der Waals surface area contributed by atoms with Crippen molar-refractivity contribution in [3.63, 3.8) is 0 Å². The lowest BCUT2D eigenvalue weighted by Crippen LogP contribution is -2.63. The summed E-state index contributed by atoms with van der Waals surface area (Å²) in [5.74, 6) is -0.317. The van der Waals surface area contributed by atoms with E-state index in [0.29, 0.717) is 44.2 Å². The summed E-state index contributed by atoms with van der Waals surface area (Å²) in [6, 6.07) is -0.981. The van der Waals surface area contributed by atoms with Gasteiger partial charge in [-0.2, -0.15) is 0 Å². The Morgan fingerprint density at radius 2 is 1.73 bits per heavy atom. The number of esters is 1. The number of aliphatic hydroxyl groups is 1. The van der Waals surface area contributed by atoms with Crippen LogP contribution in [-0.4, -0.2) is 116 Å². The molecule has 0 aromatic heterocycles. The van der Waals surface area contributed by atoms with Gasteiger partial charge in [0.1, 0.15) is 23.9 Å². The van der Waals surface area contributed by atoms with Gasteiger partial charge >= 0.3 is 5.97 Å². The fourth-order valence-electron chi connectivity index (χ4n) is 9.87. The first-order valence-electron chi connectivity index (χ1n) is 22.1. The maximum Gasteiger partial charge on any atom is 0.329 e. The molecule has 332 valence electrons. The third-order valence-electron chi connectivity index (χ3n) is 13.6. The number of aliphatic hydroxyl groups excluding tert-OH is 1. The highest BCUT2D eigenvalue weighted by Crippen LogP contribution is 2.40. The minimum atomic E-state index is -1.48. The fourth-order valence-corrected chi connectivity index (χ4v) is 9.87. The Hall–Kier alpha value is -3.08. The molecule has 0 unspecified atom stereocenters. The molecule has 2 bridgehead atoms. The lowest BCUT2D eigenvalue weighted by molar-refractivity contribution is -0.229. The van der Waals surface area contributed by atoms with Crippen molar-refractivity contribution in [2.45, 2.75) is 174 Å². The number of piperidine rings is 1. The van der Waals surface area contributed by atoms with Crippen LogP contribution in [0.2, 0.25) is 0 Å². The summed E-state index contributed by atoms with van der Waals surface area (Å²) in [6.45, 7) is 14.0. The maximum atomic E-state index is 14.5. The van der Waals surface area contributed by atoms with Crippen molar-refractivity contribution in [3.8, 4) is 12.3 Å². The number of carbonyl (C=O) groups excluding carboxylic acids is 3. The van der Waals surface area contributed by atoms with Crippen molar-refractivity contribution in [1.29, 1.82) is 0 Å². The predicted molar refractivity (Wildman–Crippen MR) is 227 cm³/mol. The number of Topliss-reactive ketones (excluding diaryl/α,β-unsaturated/α-hetero) is 1. The molecule has 0 radical (unpaired) electrons. The average molecular weight is 827 g/mol. The number of allylic oxidation sites excluding steroid dienone is 3. The zero-order chi connectivity index (χ0) is 43.4. The Morgan fingerprint density at radius 1 is 1.02 bits per heavy atom.